The summed E-state index contributed by atoms with van der Waals surface area (Å²) in [6.45, 7) is 1.06. The molecule has 1 aliphatic heterocycles. The molecule has 0 bridgehead atoms. The van der Waals surface area contributed by atoms with Gasteiger partial charge in [0.1, 0.15) is 5.58 Å². The number of sulfonamides is 1. The first-order valence-electron chi connectivity index (χ1n) is 9.58. The Kier molecular flexibility index (Phi) is 6.07. The highest BCUT2D eigenvalue weighted by atomic mass is 32.2. The Morgan fingerprint density at radius 2 is 1.97 bits per heavy atom. The van der Waals surface area contributed by atoms with Crippen LogP contribution in [0.5, 0.6) is 0 Å². The Morgan fingerprint density at radius 3 is 2.73 bits per heavy atom. The summed E-state index contributed by atoms with van der Waals surface area (Å²) in [7, 11) is -5.69. The van der Waals surface area contributed by atoms with Crippen molar-refractivity contribution in [2.45, 2.75) is 18.1 Å². The molecule has 9 heteroatoms. The minimum absolute atomic E-state index is 0.0815. The molecule has 1 atom stereocenters. The summed E-state index contributed by atoms with van der Waals surface area (Å²) in [6, 6.07) is 14.6. The summed E-state index contributed by atoms with van der Waals surface area (Å²) in [4.78, 5) is 0. The van der Waals surface area contributed by atoms with Crippen LogP contribution in [0.3, 0.4) is 0 Å². The molecule has 0 amide bonds. The smallest absolute Gasteiger partial charge is 0.464 e. The standard InChI is InChI=1S/C21H22BNO6S/c24-22(25)21(11-18-13-29-20-7-2-1-6-19(18)20)23-30(26,27)14-15-4-3-5-16(10-15)17-8-9-28-12-17/h1-8,10,13,21,23-25H,9,11-12,14H2/t21-/m0/s1. The van der Waals surface area contributed by atoms with E-state index < -0.39 is 23.1 Å². The Morgan fingerprint density at radius 1 is 1.13 bits per heavy atom. The summed E-state index contributed by atoms with van der Waals surface area (Å²) in [5.74, 6) is -1.38. The van der Waals surface area contributed by atoms with E-state index in [1.165, 1.54) is 6.26 Å². The molecular formula is C21H22BNO6S. The predicted molar refractivity (Wildman–Crippen MR) is 115 cm³/mol. The molecule has 30 heavy (non-hydrogen) atoms. The number of benzene rings is 2. The lowest BCUT2D eigenvalue weighted by atomic mass is 9.77. The maximum absolute atomic E-state index is 12.7. The third-order valence-corrected chi connectivity index (χ3v) is 6.43. The van der Waals surface area contributed by atoms with Crippen molar-refractivity contribution in [1.82, 2.24) is 4.72 Å². The topological polar surface area (TPSA) is 109 Å². The van der Waals surface area contributed by atoms with Gasteiger partial charge >= 0.3 is 7.12 Å². The molecule has 2 heterocycles. The second-order valence-corrected chi connectivity index (χ2v) is 9.06. The van der Waals surface area contributed by atoms with E-state index in [0.29, 0.717) is 29.9 Å². The zero-order valence-electron chi connectivity index (χ0n) is 16.2. The number of nitrogens with one attached hydrogen (secondary N) is 1. The van der Waals surface area contributed by atoms with Crippen LogP contribution in [0.15, 0.2) is 65.3 Å². The van der Waals surface area contributed by atoms with Crippen LogP contribution in [0.25, 0.3) is 16.5 Å². The molecule has 1 aliphatic rings. The van der Waals surface area contributed by atoms with Crippen molar-refractivity contribution in [3.63, 3.8) is 0 Å². The number of ether oxygens (including phenoxy) is 1. The highest BCUT2D eigenvalue weighted by Gasteiger charge is 2.29. The van der Waals surface area contributed by atoms with Gasteiger partial charge in [-0.05, 0) is 34.8 Å². The first-order valence-corrected chi connectivity index (χ1v) is 11.2. The van der Waals surface area contributed by atoms with E-state index in [1.807, 2.05) is 36.4 Å². The van der Waals surface area contributed by atoms with Crippen LogP contribution in [-0.4, -0.2) is 44.7 Å². The Balaban J connectivity index is 1.49. The van der Waals surface area contributed by atoms with Gasteiger partial charge in [0.2, 0.25) is 10.0 Å². The lowest BCUT2D eigenvalue weighted by Crippen LogP contribution is -2.48. The minimum atomic E-state index is -3.83. The summed E-state index contributed by atoms with van der Waals surface area (Å²) in [6.07, 6.45) is 3.56. The van der Waals surface area contributed by atoms with Crippen molar-refractivity contribution in [3.8, 4) is 0 Å². The molecule has 2 aromatic carbocycles. The fourth-order valence-corrected chi connectivity index (χ4v) is 4.94. The largest absolute Gasteiger partial charge is 0.471 e. The van der Waals surface area contributed by atoms with Gasteiger partial charge in [0.15, 0.2) is 0 Å². The normalized spacial score (nSPS) is 15.3. The second-order valence-electron chi connectivity index (χ2n) is 7.30. The Hall–Kier alpha value is -2.43. The molecule has 0 aliphatic carbocycles. The Bertz CT molecular complexity index is 1170. The van der Waals surface area contributed by atoms with Crippen LogP contribution in [-0.2, 0) is 26.9 Å². The molecule has 7 nitrogen and oxygen atoms in total. The van der Waals surface area contributed by atoms with Gasteiger partial charge in [-0.1, -0.05) is 48.5 Å². The van der Waals surface area contributed by atoms with Crippen molar-refractivity contribution >= 4 is 33.7 Å². The molecular weight excluding hydrogens is 405 g/mol. The van der Waals surface area contributed by atoms with E-state index in [-0.39, 0.29) is 12.2 Å². The van der Waals surface area contributed by atoms with Crippen LogP contribution >= 0.6 is 0 Å². The summed E-state index contributed by atoms with van der Waals surface area (Å²) < 4.78 is 38.7. The highest BCUT2D eigenvalue weighted by Crippen LogP contribution is 2.23. The molecule has 0 saturated carbocycles. The molecule has 156 valence electrons. The van der Waals surface area contributed by atoms with Crippen molar-refractivity contribution in [2.24, 2.45) is 0 Å². The van der Waals surface area contributed by atoms with E-state index in [2.05, 4.69) is 4.72 Å². The van der Waals surface area contributed by atoms with Crippen molar-refractivity contribution in [2.75, 3.05) is 13.2 Å². The lowest BCUT2D eigenvalue weighted by Gasteiger charge is -2.17. The molecule has 0 saturated heterocycles. The number of hydrogen-bond donors (Lipinski definition) is 3. The van der Waals surface area contributed by atoms with Crippen molar-refractivity contribution in [3.05, 3.63) is 77.6 Å². The van der Waals surface area contributed by atoms with Gasteiger partial charge in [-0.3, -0.25) is 0 Å². The van der Waals surface area contributed by atoms with Gasteiger partial charge in [0.25, 0.3) is 0 Å². The van der Waals surface area contributed by atoms with Crippen LogP contribution < -0.4 is 4.72 Å². The SMILES string of the molecule is O=S(=O)(Cc1cccc(C2=CCOC2)c1)N[C@@H](Cc1coc2ccccc12)B(O)O. The van der Waals surface area contributed by atoms with E-state index in [1.54, 1.807) is 18.2 Å². The van der Waals surface area contributed by atoms with Crippen LogP contribution in [0, 0.1) is 0 Å². The van der Waals surface area contributed by atoms with Crippen LogP contribution in [0.4, 0.5) is 0 Å². The van der Waals surface area contributed by atoms with Gasteiger partial charge in [0.05, 0.1) is 31.2 Å². The molecule has 0 spiro atoms. The van der Waals surface area contributed by atoms with Gasteiger partial charge in [-0.25, -0.2) is 13.1 Å². The van der Waals surface area contributed by atoms with E-state index >= 15 is 0 Å². The number of rotatable bonds is 8. The highest BCUT2D eigenvalue weighted by molar-refractivity contribution is 7.88. The maximum atomic E-state index is 12.7. The fraction of sp³-hybridized carbons (Fsp3) is 0.238. The fourth-order valence-electron chi connectivity index (χ4n) is 3.58. The van der Waals surface area contributed by atoms with E-state index in [4.69, 9.17) is 9.15 Å². The van der Waals surface area contributed by atoms with Crippen molar-refractivity contribution in [1.29, 1.82) is 0 Å². The Labute approximate surface area is 175 Å². The molecule has 0 unspecified atom stereocenters. The van der Waals surface area contributed by atoms with E-state index in [9.17, 15) is 18.5 Å². The molecule has 1 aromatic heterocycles. The van der Waals surface area contributed by atoms with E-state index in [0.717, 1.165) is 16.5 Å². The minimum Gasteiger partial charge on any atom is -0.464 e. The summed E-state index contributed by atoms with van der Waals surface area (Å²) >= 11 is 0. The average Bonchev–Trinajstić information content (AvgIpc) is 3.38. The monoisotopic (exact) mass is 427 g/mol. The number of fused-ring (bicyclic) bond motifs is 1. The first kappa shape index (κ1) is 20.8. The average molecular weight is 427 g/mol. The van der Waals surface area contributed by atoms with Crippen molar-refractivity contribution < 1.29 is 27.6 Å². The molecule has 3 aromatic rings. The number of furan rings is 1. The van der Waals surface area contributed by atoms with Crippen LogP contribution in [0.2, 0.25) is 0 Å². The molecule has 0 radical (unpaired) electrons. The lowest BCUT2D eigenvalue weighted by molar-refractivity contribution is 0.216. The number of para-hydroxylation sites is 1. The maximum Gasteiger partial charge on any atom is 0.471 e. The summed E-state index contributed by atoms with van der Waals surface area (Å²) in [5, 5.41) is 20.4. The molecule has 4 rings (SSSR count). The van der Waals surface area contributed by atoms with Gasteiger partial charge in [0, 0.05) is 5.39 Å². The predicted octanol–water partition coefficient (Wildman–Crippen LogP) is 1.89. The first-order chi connectivity index (χ1) is 14.4. The third kappa shape index (κ3) is 4.83. The third-order valence-electron chi connectivity index (χ3n) is 5.05. The second kappa shape index (κ2) is 8.75. The van der Waals surface area contributed by atoms with Crippen LogP contribution in [0.1, 0.15) is 16.7 Å². The quantitative estimate of drug-likeness (QED) is 0.474. The van der Waals surface area contributed by atoms with Gasteiger partial charge < -0.3 is 19.2 Å². The number of hydrogen-bond acceptors (Lipinski definition) is 6. The summed E-state index contributed by atoms with van der Waals surface area (Å²) in [5.41, 5.74) is 3.90. The zero-order chi connectivity index (χ0) is 21.1. The van der Waals surface area contributed by atoms with Gasteiger partial charge in [-0.2, -0.15) is 0 Å². The molecule has 3 N–H and O–H groups in total. The van der Waals surface area contributed by atoms with Gasteiger partial charge in [-0.15, -0.1) is 0 Å². The zero-order valence-corrected chi connectivity index (χ0v) is 17.0. The molecule has 0 fully saturated rings.